The fourth-order valence-corrected chi connectivity index (χ4v) is 3.70. The molecule has 1 aromatic carbocycles. The molecule has 1 saturated heterocycles. The van der Waals surface area contributed by atoms with Crippen LogP contribution in [-0.2, 0) is 10.0 Å². The molecular formula is C12H18N2O4S. The molecular weight excluding hydrogens is 268 g/mol. The molecule has 2 atom stereocenters. The van der Waals surface area contributed by atoms with Crippen molar-refractivity contribution in [3.63, 3.8) is 0 Å². The number of sulfonamides is 1. The van der Waals surface area contributed by atoms with Gasteiger partial charge >= 0.3 is 0 Å². The smallest absolute Gasteiger partial charge is 0.235 e. The van der Waals surface area contributed by atoms with E-state index in [4.69, 9.17) is 5.73 Å². The number of hydrogen-bond acceptors (Lipinski definition) is 5. The van der Waals surface area contributed by atoms with Crippen molar-refractivity contribution in [3.05, 3.63) is 29.8 Å². The zero-order valence-corrected chi connectivity index (χ0v) is 11.3. The first-order chi connectivity index (χ1) is 8.95. The molecule has 0 radical (unpaired) electrons. The minimum Gasteiger partial charge on any atom is -0.389 e. The van der Waals surface area contributed by atoms with Crippen molar-refractivity contribution >= 4 is 15.7 Å². The van der Waals surface area contributed by atoms with Gasteiger partial charge in [0.05, 0.1) is 17.5 Å². The van der Waals surface area contributed by atoms with Crippen LogP contribution < -0.4 is 10.0 Å². The molecule has 2 rings (SSSR count). The summed E-state index contributed by atoms with van der Waals surface area (Å²) < 4.78 is 25.0. The Morgan fingerprint density at radius 2 is 2.11 bits per heavy atom. The summed E-state index contributed by atoms with van der Waals surface area (Å²) in [7, 11) is -3.24. The Hall–Kier alpha value is -1.15. The topological polar surface area (TPSA) is 104 Å². The van der Waals surface area contributed by atoms with Gasteiger partial charge in [0.2, 0.25) is 10.0 Å². The van der Waals surface area contributed by atoms with E-state index in [1.54, 1.807) is 24.3 Å². The van der Waals surface area contributed by atoms with Crippen LogP contribution in [-0.4, -0.2) is 43.6 Å². The van der Waals surface area contributed by atoms with Crippen molar-refractivity contribution in [2.24, 2.45) is 5.73 Å². The molecule has 6 nitrogen and oxygen atoms in total. The number of aliphatic hydroxyl groups excluding tert-OH is 2. The number of benzene rings is 1. The molecule has 0 aliphatic carbocycles. The lowest BCUT2D eigenvalue weighted by Gasteiger charge is -2.20. The lowest BCUT2D eigenvalue weighted by molar-refractivity contribution is 0.0244. The summed E-state index contributed by atoms with van der Waals surface area (Å²) >= 11 is 0. The summed E-state index contributed by atoms with van der Waals surface area (Å²) in [6, 6.07) is 6.54. The van der Waals surface area contributed by atoms with E-state index < -0.39 is 22.2 Å². The van der Waals surface area contributed by atoms with Crippen molar-refractivity contribution < 1.29 is 18.6 Å². The van der Waals surface area contributed by atoms with Crippen LogP contribution in [0.2, 0.25) is 0 Å². The summed E-state index contributed by atoms with van der Waals surface area (Å²) in [5.41, 5.74) is 6.27. The highest BCUT2D eigenvalue weighted by molar-refractivity contribution is 7.93. The Labute approximate surface area is 112 Å². The van der Waals surface area contributed by atoms with E-state index in [1.807, 2.05) is 0 Å². The first kappa shape index (κ1) is 14.3. The molecule has 1 heterocycles. The molecule has 106 valence electrons. The number of anilines is 1. The molecule has 0 aromatic heterocycles. The van der Waals surface area contributed by atoms with Gasteiger partial charge in [0.25, 0.3) is 0 Å². The number of nitrogens with two attached hydrogens (primary N) is 1. The number of nitrogens with zero attached hydrogens (tertiary/aromatic N) is 1. The average Bonchev–Trinajstić information content (AvgIpc) is 2.76. The molecule has 1 aromatic rings. The summed E-state index contributed by atoms with van der Waals surface area (Å²) in [6.45, 7) is 0.384. The Balaban J connectivity index is 2.30. The van der Waals surface area contributed by atoms with E-state index in [0.29, 0.717) is 24.2 Å². The summed E-state index contributed by atoms with van der Waals surface area (Å²) in [4.78, 5) is 0. The predicted molar refractivity (Wildman–Crippen MR) is 72.2 cm³/mol. The monoisotopic (exact) mass is 286 g/mol. The third-order valence-corrected chi connectivity index (χ3v) is 5.07. The molecule has 1 aliphatic heterocycles. The van der Waals surface area contributed by atoms with E-state index in [2.05, 4.69) is 0 Å². The van der Waals surface area contributed by atoms with Crippen LogP contribution in [0.4, 0.5) is 5.69 Å². The standard InChI is InChI=1S/C12H18N2O4S/c13-8-11(15)12(16)9-3-1-4-10(7-9)14-5-2-6-19(14,17)18/h1,3-4,7,11-12,15-16H,2,5-6,8,13H2. The van der Waals surface area contributed by atoms with E-state index in [1.165, 1.54) is 4.31 Å². The van der Waals surface area contributed by atoms with Crippen LogP contribution >= 0.6 is 0 Å². The van der Waals surface area contributed by atoms with Crippen molar-refractivity contribution in [1.29, 1.82) is 0 Å². The molecule has 7 heteroatoms. The quantitative estimate of drug-likeness (QED) is 0.697. The van der Waals surface area contributed by atoms with Crippen LogP contribution in [0.25, 0.3) is 0 Å². The minimum atomic E-state index is -3.24. The lowest BCUT2D eigenvalue weighted by Crippen LogP contribution is -2.28. The molecule has 0 saturated carbocycles. The Morgan fingerprint density at radius 1 is 1.37 bits per heavy atom. The zero-order valence-electron chi connectivity index (χ0n) is 10.4. The number of hydrogen-bond donors (Lipinski definition) is 3. The first-order valence-corrected chi connectivity index (χ1v) is 7.73. The fourth-order valence-electron chi connectivity index (χ4n) is 2.14. The van der Waals surface area contributed by atoms with Gasteiger partial charge in [0.1, 0.15) is 6.10 Å². The Kier molecular flexibility index (Phi) is 4.10. The summed E-state index contributed by atoms with van der Waals surface area (Å²) in [6.07, 6.45) is -1.58. The second kappa shape index (κ2) is 5.46. The van der Waals surface area contributed by atoms with Crippen molar-refractivity contribution in [2.45, 2.75) is 18.6 Å². The third kappa shape index (κ3) is 2.89. The lowest BCUT2D eigenvalue weighted by atomic mass is 10.0. The van der Waals surface area contributed by atoms with Gasteiger partial charge < -0.3 is 15.9 Å². The molecule has 2 unspecified atom stereocenters. The van der Waals surface area contributed by atoms with E-state index in [-0.39, 0.29) is 12.3 Å². The zero-order chi connectivity index (χ0) is 14.0. The molecule has 0 spiro atoms. The summed E-state index contributed by atoms with van der Waals surface area (Å²) in [5, 5.41) is 19.4. The second-order valence-corrected chi connectivity index (χ2v) is 6.60. The van der Waals surface area contributed by atoms with Crippen LogP contribution in [0.3, 0.4) is 0 Å². The van der Waals surface area contributed by atoms with Crippen LogP contribution in [0.1, 0.15) is 18.1 Å². The van der Waals surface area contributed by atoms with Crippen molar-refractivity contribution in [3.8, 4) is 0 Å². The minimum absolute atomic E-state index is 0.0621. The number of rotatable bonds is 4. The molecule has 4 N–H and O–H groups in total. The van der Waals surface area contributed by atoms with Crippen LogP contribution in [0.5, 0.6) is 0 Å². The molecule has 1 aliphatic rings. The van der Waals surface area contributed by atoms with Gasteiger partial charge in [-0.05, 0) is 24.1 Å². The van der Waals surface area contributed by atoms with Gasteiger partial charge in [-0.2, -0.15) is 0 Å². The third-order valence-electron chi connectivity index (χ3n) is 3.20. The van der Waals surface area contributed by atoms with Crippen LogP contribution in [0.15, 0.2) is 24.3 Å². The van der Waals surface area contributed by atoms with Gasteiger partial charge in [0.15, 0.2) is 0 Å². The maximum Gasteiger partial charge on any atom is 0.235 e. The number of aliphatic hydroxyl groups is 2. The Bertz CT molecular complexity index is 546. The SMILES string of the molecule is NCC(O)C(O)c1cccc(N2CCCS2(=O)=O)c1. The maximum absolute atomic E-state index is 11.8. The largest absolute Gasteiger partial charge is 0.389 e. The van der Waals surface area contributed by atoms with E-state index in [9.17, 15) is 18.6 Å². The highest BCUT2D eigenvalue weighted by Crippen LogP contribution is 2.27. The molecule has 19 heavy (non-hydrogen) atoms. The Morgan fingerprint density at radius 3 is 2.68 bits per heavy atom. The van der Waals surface area contributed by atoms with Crippen molar-refractivity contribution in [2.75, 3.05) is 23.1 Å². The second-order valence-electron chi connectivity index (χ2n) is 4.58. The van der Waals surface area contributed by atoms with Gasteiger partial charge in [-0.3, -0.25) is 4.31 Å². The first-order valence-electron chi connectivity index (χ1n) is 6.12. The predicted octanol–water partition coefficient (Wildman–Crippen LogP) is -0.421. The maximum atomic E-state index is 11.8. The van der Waals surface area contributed by atoms with Gasteiger partial charge in [-0.15, -0.1) is 0 Å². The highest BCUT2D eigenvalue weighted by atomic mass is 32.2. The van der Waals surface area contributed by atoms with E-state index in [0.717, 1.165) is 0 Å². The molecule has 1 fully saturated rings. The van der Waals surface area contributed by atoms with Gasteiger partial charge in [0, 0.05) is 13.1 Å². The van der Waals surface area contributed by atoms with Gasteiger partial charge in [-0.25, -0.2) is 8.42 Å². The van der Waals surface area contributed by atoms with Crippen LogP contribution in [0, 0.1) is 0 Å². The fraction of sp³-hybridized carbons (Fsp3) is 0.500. The molecule has 0 amide bonds. The van der Waals surface area contributed by atoms with E-state index >= 15 is 0 Å². The van der Waals surface area contributed by atoms with Gasteiger partial charge in [-0.1, -0.05) is 12.1 Å². The normalized spacial score (nSPS) is 21.3. The summed E-state index contributed by atoms with van der Waals surface area (Å²) in [5.74, 6) is 0.144. The average molecular weight is 286 g/mol. The van der Waals surface area contributed by atoms with Crippen molar-refractivity contribution in [1.82, 2.24) is 0 Å². The molecule has 0 bridgehead atoms. The highest BCUT2D eigenvalue weighted by Gasteiger charge is 2.29.